The molecule has 10 atom stereocenters. The van der Waals surface area contributed by atoms with Crippen LogP contribution in [-0.4, -0.2) is 67.4 Å². The quantitative estimate of drug-likeness (QED) is 0.104. The Morgan fingerprint density at radius 2 is 1.83 bits per heavy atom. The second-order valence-electron chi connectivity index (χ2n) is 15.3. The Balaban J connectivity index is 1.46. The van der Waals surface area contributed by atoms with Crippen LogP contribution in [0.15, 0.2) is 38.6 Å². The largest absolute Gasteiger partial charge is 0.445 e. The minimum Gasteiger partial charge on any atom is -0.445 e. The Bertz CT molecular complexity index is 1240. The second kappa shape index (κ2) is 16.0. The third-order valence-electron chi connectivity index (χ3n) is 10.5. The first-order valence-electron chi connectivity index (χ1n) is 16.9. The zero-order chi connectivity index (χ0) is 33.8. The summed E-state index contributed by atoms with van der Waals surface area (Å²) in [4.78, 5) is 16.0. The van der Waals surface area contributed by atoms with Gasteiger partial charge in [0.05, 0.1) is 42.7 Å². The van der Waals surface area contributed by atoms with Gasteiger partial charge < -0.3 is 33.0 Å². The van der Waals surface area contributed by atoms with Crippen LogP contribution in [0.5, 0.6) is 0 Å². The van der Waals surface area contributed by atoms with Crippen molar-refractivity contribution in [2.75, 3.05) is 0 Å². The molecule has 1 N–H and O–H groups in total. The number of hydrogen-bond donors (Lipinski definition) is 1. The van der Waals surface area contributed by atoms with Crippen molar-refractivity contribution in [1.29, 1.82) is 0 Å². The van der Waals surface area contributed by atoms with E-state index in [4.69, 9.17) is 28.0 Å². The summed E-state index contributed by atoms with van der Waals surface area (Å²) < 4.78 is 34.3. The van der Waals surface area contributed by atoms with Gasteiger partial charge in [-0.15, -0.1) is 0 Å². The number of hydrogen-bond acceptors (Lipinski definition) is 8. The zero-order valence-electron chi connectivity index (χ0n) is 29.0. The lowest BCUT2D eigenvalue weighted by molar-refractivity contribution is -0.148. The van der Waals surface area contributed by atoms with Crippen molar-refractivity contribution >= 4 is 43.3 Å². The van der Waals surface area contributed by atoms with E-state index in [-0.39, 0.29) is 59.6 Å². The molecule has 3 fully saturated rings. The molecule has 1 aromatic rings. The summed E-state index contributed by atoms with van der Waals surface area (Å²) in [7, 11) is -2.02. The normalized spacial score (nSPS) is 35.1. The van der Waals surface area contributed by atoms with Crippen molar-refractivity contribution < 1.29 is 33.0 Å². The van der Waals surface area contributed by atoms with Gasteiger partial charge in [-0.05, 0) is 66.5 Å². The number of carbonyl (C=O) groups excluding carboxylic acids is 1. The summed E-state index contributed by atoms with van der Waals surface area (Å²) in [6, 6.07) is 0. The van der Waals surface area contributed by atoms with E-state index in [1.54, 1.807) is 6.26 Å². The van der Waals surface area contributed by atoms with E-state index in [1.807, 2.05) is 16.2 Å². The lowest BCUT2D eigenvalue weighted by Crippen LogP contribution is -2.49. The van der Waals surface area contributed by atoms with Gasteiger partial charge in [-0.3, -0.25) is 0 Å². The number of halogens is 1. The van der Waals surface area contributed by atoms with Crippen LogP contribution in [0.2, 0.25) is 18.1 Å². The average molecular weight is 770 g/mol. The van der Waals surface area contributed by atoms with E-state index in [9.17, 15) is 9.90 Å². The highest BCUT2D eigenvalue weighted by Crippen LogP contribution is 2.42. The Morgan fingerprint density at radius 1 is 1.11 bits per heavy atom. The lowest BCUT2D eigenvalue weighted by atomic mass is 9.80. The number of oxazole rings is 1. The van der Waals surface area contributed by atoms with Crippen LogP contribution in [-0.2, 0) is 23.4 Å². The Morgan fingerprint density at radius 3 is 2.50 bits per heavy atom. The molecule has 0 aliphatic carbocycles. The molecule has 0 radical (unpaired) electrons. The van der Waals surface area contributed by atoms with Crippen molar-refractivity contribution in [2.24, 2.45) is 11.8 Å². The number of ether oxygens (including phenoxy) is 3. The molecule has 8 nitrogen and oxygen atoms in total. The highest BCUT2D eigenvalue weighted by atomic mass is 127. The summed E-state index contributed by atoms with van der Waals surface area (Å²) in [5, 5.41) is 11.0. The average Bonchev–Trinajstić information content (AvgIpc) is 3.45. The van der Waals surface area contributed by atoms with Crippen LogP contribution in [0.3, 0.4) is 0 Å². The molecule has 0 aromatic carbocycles. The maximum Gasteiger partial charge on any atom is 0.218 e. The number of aliphatic hydroxyl groups excluding tert-OH is 1. The minimum absolute atomic E-state index is 0.0162. The van der Waals surface area contributed by atoms with Gasteiger partial charge in [0.1, 0.15) is 24.3 Å². The molecule has 10 heteroatoms. The van der Waals surface area contributed by atoms with Crippen LogP contribution in [0.1, 0.15) is 104 Å². The molecular formula is C36H56INO7Si. The molecule has 0 amide bonds. The van der Waals surface area contributed by atoms with Crippen LogP contribution in [0.4, 0.5) is 0 Å². The molecule has 3 saturated heterocycles. The number of aldehydes is 1. The fourth-order valence-electron chi connectivity index (χ4n) is 6.77. The fourth-order valence-corrected chi connectivity index (χ4v) is 8.51. The maximum atomic E-state index is 11.2. The second-order valence-corrected chi connectivity index (χ2v) is 20.7. The topological polar surface area (TPSA) is 100 Å². The highest BCUT2D eigenvalue weighted by Gasteiger charge is 2.43. The molecule has 46 heavy (non-hydrogen) atoms. The third kappa shape index (κ3) is 9.51. The molecule has 0 spiro atoms. The Kier molecular flexibility index (Phi) is 13.1. The molecular weight excluding hydrogens is 713 g/mol. The van der Waals surface area contributed by atoms with E-state index < -0.39 is 14.4 Å². The van der Waals surface area contributed by atoms with E-state index in [0.29, 0.717) is 31.6 Å². The van der Waals surface area contributed by atoms with Crippen LogP contribution < -0.4 is 0 Å². The summed E-state index contributed by atoms with van der Waals surface area (Å²) in [5.74, 6) is 0.575. The molecule has 0 bridgehead atoms. The van der Waals surface area contributed by atoms with E-state index in [1.165, 1.54) is 0 Å². The standard InChI is InChI=1S/C36H56INO7Si/c1-22-15-26(13-14-39)42-27(16-22)17-28-18-29(45-46(8,9)36(5,6)7)19-32(43-28)30-21-41-33(38-30)12-10-11-31-24(3)34(40)25(4)35(44-31)23(2)20-37/h10,12,14,20-21,24-29,31-32,34-35,40H,1,11,13,15-19H2,2-9H3/b12-10+,23-20+/t24-,25+,26-,27+,28+,29+,31+,32+,34-,35-/m0/s1. The third-order valence-corrected chi connectivity index (χ3v) is 16.0. The minimum atomic E-state index is -2.02. The highest BCUT2D eigenvalue weighted by molar-refractivity contribution is 14.1. The number of nitrogens with zero attached hydrogens (tertiary/aromatic N) is 1. The van der Waals surface area contributed by atoms with Crippen LogP contribution in [0, 0.1) is 11.8 Å². The van der Waals surface area contributed by atoms with Gasteiger partial charge >= 0.3 is 0 Å². The van der Waals surface area contributed by atoms with Crippen LogP contribution >= 0.6 is 22.6 Å². The Hall–Kier alpha value is -1.15. The smallest absolute Gasteiger partial charge is 0.218 e. The van der Waals surface area contributed by atoms with Gasteiger partial charge in [0.25, 0.3) is 0 Å². The first kappa shape index (κ1) is 37.7. The van der Waals surface area contributed by atoms with Crippen molar-refractivity contribution in [1.82, 2.24) is 4.98 Å². The molecule has 3 aliphatic rings. The van der Waals surface area contributed by atoms with E-state index in [2.05, 4.69) is 83.8 Å². The molecule has 4 rings (SSSR count). The maximum absolute atomic E-state index is 11.2. The van der Waals surface area contributed by atoms with Crippen molar-refractivity contribution in [3.05, 3.63) is 45.7 Å². The Labute approximate surface area is 291 Å². The first-order chi connectivity index (χ1) is 21.6. The zero-order valence-corrected chi connectivity index (χ0v) is 32.2. The van der Waals surface area contributed by atoms with Gasteiger partial charge in [-0.2, -0.15) is 0 Å². The molecule has 258 valence electrons. The summed E-state index contributed by atoms with van der Waals surface area (Å²) in [6.45, 7) is 21.8. The number of rotatable bonds is 11. The summed E-state index contributed by atoms with van der Waals surface area (Å²) >= 11 is 2.24. The number of aromatic nitrogens is 1. The van der Waals surface area contributed by atoms with Crippen LogP contribution in [0.25, 0.3) is 6.08 Å². The monoisotopic (exact) mass is 769 g/mol. The van der Waals surface area contributed by atoms with E-state index >= 15 is 0 Å². The summed E-state index contributed by atoms with van der Waals surface area (Å²) in [6.07, 6.45) is 10.2. The SMILES string of the molecule is C=C1C[C@H](C[C@@H]2C[C@@H](O[Si](C)(C)C(C)(C)C)C[C@H](c3coc(/C=C/C[C@H]4O[C@@H](/C(C)=C/I)[C@H](C)[C@@H](O)[C@H]4C)n3)O2)O[C@@H](CC=O)C1. The van der Waals surface area contributed by atoms with Gasteiger partial charge in [-0.1, -0.05) is 75.4 Å². The van der Waals surface area contributed by atoms with Crippen molar-refractivity contribution in [3.8, 4) is 0 Å². The predicted molar refractivity (Wildman–Crippen MR) is 192 cm³/mol. The van der Waals surface area contributed by atoms with Gasteiger partial charge in [0.15, 0.2) is 8.32 Å². The number of aliphatic hydroxyl groups is 1. The molecule has 0 saturated carbocycles. The molecule has 0 unspecified atom stereocenters. The van der Waals surface area contributed by atoms with Crippen molar-refractivity contribution in [3.63, 3.8) is 0 Å². The van der Waals surface area contributed by atoms with Gasteiger partial charge in [0, 0.05) is 31.1 Å². The molecule has 1 aromatic heterocycles. The van der Waals surface area contributed by atoms with E-state index in [0.717, 1.165) is 42.4 Å². The van der Waals surface area contributed by atoms with Gasteiger partial charge in [0.2, 0.25) is 5.89 Å². The fraction of sp³-hybridized carbons (Fsp3) is 0.722. The van der Waals surface area contributed by atoms with Gasteiger partial charge in [-0.25, -0.2) is 4.98 Å². The lowest BCUT2D eigenvalue weighted by Gasteiger charge is -2.44. The van der Waals surface area contributed by atoms with Crippen molar-refractivity contribution in [2.45, 2.75) is 153 Å². The summed E-state index contributed by atoms with van der Waals surface area (Å²) in [5.41, 5.74) is 3.02. The predicted octanol–water partition coefficient (Wildman–Crippen LogP) is 8.51. The first-order valence-corrected chi connectivity index (χ1v) is 21.1. The number of carbonyl (C=O) groups is 1. The molecule has 3 aliphatic heterocycles. The molecule has 4 heterocycles.